The van der Waals surface area contributed by atoms with Crippen molar-refractivity contribution in [2.75, 3.05) is 11.1 Å². The quantitative estimate of drug-likeness (QED) is 0.732. The molecular formula is C18H18FN7. The molecule has 1 fully saturated rings. The first-order chi connectivity index (χ1) is 12.6. The van der Waals surface area contributed by atoms with Crippen molar-refractivity contribution in [1.82, 2.24) is 19.5 Å². The van der Waals surface area contributed by atoms with E-state index in [9.17, 15) is 9.65 Å². The summed E-state index contributed by atoms with van der Waals surface area (Å²) >= 11 is 0. The molecule has 3 aromatic rings. The van der Waals surface area contributed by atoms with Crippen LogP contribution in [0.4, 0.5) is 16.0 Å². The first kappa shape index (κ1) is 16.3. The summed E-state index contributed by atoms with van der Waals surface area (Å²) in [5.41, 5.74) is 7.49. The van der Waals surface area contributed by atoms with Crippen LogP contribution in [0.25, 0.3) is 11.0 Å². The molecule has 8 heteroatoms. The molecule has 0 amide bonds. The second kappa shape index (κ2) is 6.26. The molecule has 1 aliphatic carbocycles. The Morgan fingerprint density at radius 3 is 2.96 bits per heavy atom. The highest BCUT2D eigenvalue weighted by Crippen LogP contribution is 2.34. The van der Waals surface area contributed by atoms with E-state index in [0.29, 0.717) is 11.7 Å². The number of fused-ring (bicyclic) bond motifs is 1. The van der Waals surface area contributed by atoms with Crippen LogP contribution in [-0.4, -0.2) is 19.5 Å². The van der Waals surface area contributed by atoms with Crippen LogP contribution < -0.4 is 11.1 Å². The molecule has 2 aromatic heterocycles. The summed E-state index contributed by atoms with van der Waals surface area (Å²) in [4.78, 5) is 12.7. The number of halogens is 1. The van der Waals surface area contributed by atoms with Crippen molar-refractivity contribution in [3.63, 3.8) is 0 Å². The van der Waals surface area contributed by atoms with Gasteiger partial charge in [-0.3, -0.25) is 0 Å². The van der Waals surface area contributed by atoms with Crippen molar-refractivity contribution in [2.24, 2.45) is 5.92 Å². The molecule has 1 atom stereocenters. The van der Waals surface area contributed by atoms with Crippen LogP contribution in [0.15, 0.2) is 24.5 Å². The number of anilines is 2. The van der Waals surface area contributed by atoms with E-state index in [4.69, 9.17) is 5.73 Å². The number of aromatic nitrogens is 4. The van der Waals surface area contributed by atoms with Gasteiger partial charge in [-0.15, -0.1) is 0 Å². The van der Waals surface area contributed by atoms with Crippen LogP contribution in [-0.2, 0) is 6.54 Å². The third-order valence-corrected chi connectivity index (χ3v) is 4.61. The van der Waals surface area contributed by atoms with E-state index >= 15 is 0 Å². The molecule has 7 nitrogen and oxygen atoms in total. The molecular weight excluding hydrogens is 333 g/mol. The van der Waals surface area contributed by atoms with Gasteiger partial charge in [-0.1, -0.05) is 0 Å². The molecule has 2 heterocycles. The molecule has 0 radical (unpaired) electrons. The smallest absolute Gasteiger partial charge is 0.150 e. The number of nitriles is 1. The molecule has 4 rings (SSSR count). The monoisotopic (exact) mass is 351 g/mol. The summed E-state index contributed by atoms with van der Waals surface area (Å²) in [6, 6.07) is 6.40. The van der Waals surface area contributed by atoms with E-state index in [2.05, 4.69) is 24.8 Å². The summed E-state index contributed by atoms with van der Waals surface area (Å²) in [6.07, 6.45) is 3.67. The van der Waals surface area contributed by atoms with Gasteiger partial charge in [-0.05, 0) is 43.9 Å². The van der Waals surface area contributed by atoms with Gasteiger partial charge in [-0.2, -0.15) is 5.26 Å². The molecule has 1 aromatic carbocycles. The Morgan fingerprint density at radius 2 is 2.23 bits per heavy atom. The van der Waals surface area contributed by atoms with Gasteiger partial charge in [0.05, 0.1) is 17.1 Å². The minimum Gasteiger partial charge on any atom is -0.382 e. The Bertz CT molecular complexity index is 1020. The number of imidazole rings is 1. The molecule has 0 aliphatic heterocycles. The zero-order valence-electron chi connectivity index (χ0n) is 14.3. The minimum atomic E-state index is -0.281. The minimum absolute atomic E-state index is 0.130. The predicted octanol–water partition coefficient (Wildman–Crippen LogP) is 3.00. The van der Waals surface area contributed by atoms with Crippen molar-refractivity contribution < 1.29 is 4.39 Å². The van der Waals surface area contributed by atoms with Gasteiger partial charge in [0.15, 0.2) is 0 Å². The highest BCUT2D eigenvalue weighted by atomic mass is 19.1. The van der Waals surface area contributed by atoms with Gasteiger partial charge < -0.3 is 15.6 Å². The SMILES string of the molecule is CC(Nc1ncnc(N)c1C#N)c1nc2ccc(F)cc2n1CC1CC1. The fourth-order valence-corrected chi connectivity index (χ4v) is 3.08. The normalized spacial score (nSPS) is 15.0. The molecule has 1 saturated carbocycles. The second-order valence-electron chi connectivity index (χ2n) is 6.62. The Morgan fingerprint density at radius 1 is 1.42 bits per heavy atom. The third-order valence-electron chi connectivity index (χ3n) is 4.61. The number of nitrogen functional groups attached to an aromatic ring is 1. The zero-order chi connectivity index (χ0) is 18.3. The average molecular weight is 351 g/mol. The average Bonchev–Trinajstić information content (AvgIpc) is 3.36. The molecule has 26 heavy (non-hydrogen) atoms. The number of hydrogen-bond acceptors (Lipinski definition) is 6. The number of nitrogens with zero attached hydrogens (tertiary/aromatic N) is 5. The summed E-state index contributed by atoms with van der Waals surface area (Å²) in [7, 11) is 0. The van der Waals surface area contributed by atoms with E-state index in [-0.39, 0.29) is 23.2 Å². The highest BCUT2D eigenvalue weighted by Gasteiger charge is 2.26. The van der Waals surface area contributed by atoms with Crippen LogP contribution in [0.3, 0.4) is 0 Å². The molecule has 3 N–H and O–H groups in total. The van der Waals surface area contributed by atoms with E-state index < -0.39 is 0 Å². The maximum atomic E-state index is 13.7. The van der Waals surface area contributed by atoms with E-state index in [1.807, 2.05) is 13.0 Å². The molecule has 0 bridgehead atoms. The van der Waals surface area contributed by atoms with E-state index in [1.165, 1.54) is 31.3 Å². The van der Waals surface area contributed by atoms with Gasteiger partial charge in [0.25, 0.3) is 0 Å². The third kappa shape index (κ3) is 2.92. The van der Waals surface area contributed by atoms with Crippen LogP contribution in [0.2, 0.25) is 0 Å². The van der Waals surface area contributed by atoms with Gasteiger partial charge in [0.1, 0.15) is 41.2 Å². The fourth-order valence-electron chi connectivity index (χ4n) is 3.08. The zero-order valence-corrected chi connectivity index (χ0v) is 14.3. The Balaban J connectivity index is 1.73. The first-order valence-electron chi connectivity index (χ1n) is 8.49. The number of hydrogen-bond donors (Lipinski definition) is 2. The fraction of sp³-hybridized carbons (Fsp3) is 0.333. The number of nitrogens with one attached hydrogen (secondary N) is 1. The van der Waals surface area contributed by atoms with Crippen molar-refractivity contribution >= 4 is 22.7 Å². The molecule has 1 aliphatic rings. The first-order valence-corrected chi connectivity index (χ1v) is 8.49. The second-order valence-corrected chi connectivity index (χ2v) is 6.62. The Hall–Kier alpha value is -3.21. The van der Waals surface area contributed by atoms with E-state index in [0.717, 1.165) is 23.4 Å². The molecule has 0 saturated heterocycles. The Labute approximate surface area is 149 Å². The summed E-state index contributed by atoms with van der Waals surface area (Å²) < 4.78 is 15.8. The van der Waals surface area contributed by atoms with Gasteiger partial charge in [0, 0.05) is 6.54 Å². The van der Waals surface area contributed by atoms with Crippen LogP contribution in [0.5, 0.6) is 0 Å². The van der Waals surface area contributed by atoms with Crippen LogP contribution in [0, 0.1) is 23.1 Å². The number of rotatable bonds is 5. The summed E-state index contributed by atoms with van der Waals surface area (Å²) in [5.74, 6) is 1.59. The van der Waals surface area contributed by atoms with Gasteiger partial charge in [-0.25, -0.2) is 19.3 Å². The van der Waals surface area contributed by atoms with Crippen molar-refractivity contribution in [2.45, 2.75) is 32.4 Å². The number of nitrogens with two attached hydrogens (primary N) is 1. The topological polar surface area (TPSA) is 105 Å². The van der Waals surface area contributed by atoms with Crippen molar-refractivity contribution in [3.8, 4) is 6.07 Å². The standard InChI is InChI=1S/C18H18FN7/c1-10(24-17-13(7-20)16(21)22-9-23-17)18-25-14-5-4-12(19)6-15(14)26(18)8-11-2-3-11/h4-6,9-11H,2-3,8H2,1H3,(H3,21,22,23,24). The lowest BCUT2D eigenvalue weighted by atomic mass is 10.2. The molecule has 1 unspecified atom stereocenters. The lowest BCUT2D eigenvalue weighted by Crippen LogP contribution is -2.16. The van der Waals surface area contributed by atoms with Crippen LogP contribution >= 0.6 is 0 Å². The highest BCUT2D eigenvalue weighted by molar-refractivity contribution is 5.76. The molecule has 132 valence electrons. The largest absolute Gasteiger partial charge is 0.382 e. The maximum Gasteiger partial charge on any atom is 0.150 e. The Kier molecular flexibility index (Phi) is 3.92. The van der Waals surface area contributed by atoms with E-state index in [1.54, 1.807) is 6.07 Å². The van der Waals surface area contributed by atoms with Gasteiger partial charge >= 0.3 is 0 Å². The number of benzene rings is 1. The summed E-state index contributed by atoms with van der Waals surface area (Å²) in [6.45, 7) is 2.73. The maximum absolute atomic E-state index is 13.7. The lowest BCUT2D eigenvalue weighted by molar-refractivity contribution is 0.589. The van der Waals surface area contributed by atoms with Crippen molar-refractivity contribution in [1.29, 1.82) is 5.26 Å². The predicted molar refractivity (Wildman–Crippen MR) is 95.6 cm³/mol. The van der Waals surface area contributed by atoms with Crippen molar-refractivity contribution in [3.05, 3.63) is 41.7 Å². The van der Waals surface area contributed by atoms with Gasteiger partial charge in [0.2, 0.25) is 0 Å². The molecule has 0 spiro atoms. The summed E-state index contributed by atoms with van der Waals surface area (Å²) in [5, 5.41) is 12.5. The lowest BCUT2D eigenvalue weighted by Gasteiger charge is -2.17. The van der Waals surface area contributed by atoms with Crippen LogP contribution in [0.1, 0.15) is 37.2 Å².